The summed E-state index contributed by atoms with van der Waals surface area (Å²) in [6.07, 6.45) is 0. The lowest BCUT2D eigenvalue weighted by molar-refractivity contribution is 0.103. The molecule has 0 aromatic heterocycles. The van der Waals surface area contributed by atoms with Gasteiger partial charge < -0.3 is 0 Å². The molecule has 2 aromatic rings. The Bertz CT molecular complexity index is 606. The zero-order valence-electron chi connectivity index (χ0n) is 8.88. The quantitative estimate of drug-likeness (QED) is 0.578. The van der Waals surface area contributed by atoms with E-state index in [1.54, 1.807) is 30.3 Å². The highest BCUT2D eigenvalue weighted by Crippen LogP contribution is 2.26. The van der Waals surface area contributed by atoms with E-state index in [1.165, 1.54) is 0 Å². The number of carbonyl (C=O) groups excluding carboxylic acids is 1. The molecular weight excluding hydrogens is 403 g/mol. The number of rotatable bonds is 2. The number of benzene rings is 2. The van der Waals surface area contributed by atoms with E-state index in [2.05, 4.69) is 31.9 Å². The van der Waals surface area contributed by atoms with Gasteiger partial charge in [0.15, 0.2) is 5.78 Å². The second kappa shape index (κ2) is 5.74. The average Bonchev–Trinajstić information content (AvgIpc) is 2.30. The van der Waals surface area contributed by atoms with Crippen LogP contribution >= 0.6 is 55.1 Å². The molecule has 5 heteroatoms. The van der Waals surface area contributed by atoms with Crippen molar-refractivity contribution in [3.63, 3.8) is 0 Å². The lowest BCUT2D eigenvalue weighted by Gasteiger charge is -2.04. The molecule has 0 amide bonds. The van der Waals surface area contributed by atoms with E-state index in [4.69, 9.17) is 23.2 Å². The molecule has 0 aliphatic carbocycles. The van der Waals surface area contributed by atoms with E-state index >= 15 is 0 Å². The summed E-state index contributed by atoms with van der Waals surface area (Å²) >= 11 is 18.4. The van der Waals surface area contributed by atoms with Crippen molar-refractivity contribution in [2.75, 3.05) is 0 Å². The predicted octanol–water partition coefficient (Wildman–Crippen LogP) is 5.75. The first-order valence-corrected chi connectivity index (χ1v) is 7.27. The summed E-state index contributed by atoms with van der Waals surface area (Å²) < 4.78 is 1.67. The Hall–Kier alpha value is -0.350. The van der Waals surface area contributed by atoms with Crippen molar-refractivity contribution < 1.29 is 4.79 Å². The van der Waals surface area contributed by atoms with Gasteiger partial charge >= 0.3 is 0 Å². The Labute approximate surface area is 131 Å². The molecule has 0 N–H and O–H groups in total. The molecule has 0 fully saturated rings. The van der Waals surface area contributed by atoms with Crippen LogP contribution < -0.4 is 0 Å². The molecule has 0 bridgehead atoms. The number of hydrogen-bond acceptors (Lipinski definition) is 1. The number of hydrogen-bond donors (Lipinski definition) is 0. The van der Waals surface area contributed by atoms with Crippen LogP contribution in [0.1, 0.15) is 15.9 Å². The number of halogens is 4. The third kappa shape index (κ3) is 3.15. The first-order chi connectivity index (χ1) is 8.47. The summed E-state index contributed by atoms with van der Waals surface area (Å²) in [6.45, 7) is 0. The Kier molecular flexibility index (Phi) is 4.49. The molecule has 0 saturated carbocycles. The van der Waals surface area contributed by atoms with Gasteiger partial charge in [0.25, 0.3) is 0 Å². The van der Waals surface area contributed by atoms with Gasteiger partial charge in [-0.1, -0.05) is 55.1 Å². The minimum Gasteiger partial charge on any atom is -0.289 e. The smallest absolute Gasteiger partial charge is 0.193 e. The fourth-order valence-electron chi connectivity index (χ4n) is 1.49. The van der Waals surface area contributed by atoms with Crippen LogP contribution in [0.5, 0.6) is 0 Å². The SMILES string of the molecule is O=C(c1cc(Br)cc(Br)c1)c1ccc(Cl)c(Cl)c1. The first kappa shape index (κ1) is 14.1. The van der Waals surface area contributed by atoms with Crippen molar-refractivity contribution >= 4 is 60.8 Å². The van der Waals surface area contributed by atoms with Gasteiger partial charge in [-0.05, 0) is 36.4 Å². The van der Waals surface area contributed by atoms with Crippen molar-refractivity contribution in [3.05, 3.63) is 66.5 Å². The van der Waals surface area contributed by atoms with E-state index in [9.17, 15) is 4.79 Å². The second-order valence-corrected chi connectivity index (χ2v) is 6.26. The zero-order valence-corrected chi connectivity index (χ0v) is 13.6. The van der Waals surface area contributed by atoms with Gasteiger partial charge in [0.05, 0.1) is 10.0 Å². The molecule has 0 heterocycles. The van der Waals surface area contributed by atoms with Crippen molar-refractivity contribution in [1.29, 1.82) is 0 Å². The lowest BCUT2D eigenvalue weighted by atomic mass is 10.0. The summed E-state index contributed by atoms with van der Waals surface area (Å²) in [6, 6.07) is 10.2. The van der Waals surface area contributed by atoms with E-state index in [-0.39, 0.29) is 5.78 Å². The van der Waals surface area contributed by atoms with Crippen LogP contribution in [0.2, 0.25) is 10.0 Å². The Morgan fingerprint density at radius 3 is 2.00 bits per heavy atom. The predicted molar refractivity (Wildman–Crippen MR) is 81.7 cm³/mol. The molecule has 0 atom stereocenters. The van der Waals surface area contributed by atoms with Gasteiger partial charge in [-0.15, -0.1) is 0 Å². The number of ketones is 1. The summed E-state index contributed by atoms with van der Waals surface area (Å²) in [4.78, 5) is 12.3. The van der Waals surface area contributed by atoms with Crippen LogP contribution in [-0.2, 0) is 0 Å². The Morgan fingerprint density at radius 2 is 1.44 bits per heavy atom. The molecule has 2 rings (SSSR count). The van der Waals surface area contributed by atoms with E-state index in [0.717, 1.165) is 8.95 Å². The Balaban J connectivity index is 2.44. The monoisotopic (exact) mass is 406 g/mol. The van der Waals surface area contributed by atoms with E-state index < -0.39 is 0 Å². The first-order valence-electron chi connectivity index (χ1n) is 4.93. The summed E-state index contributed by atoms with van der Waals surface area (Å²) in [5.41, 5.74) is 1.09. The minimum absolute atomic E-state index is 0.101. The second-order valence-electron chi connectivity index (χ2n) is 3.62. The van der Waals surface area contributed by atoms with Crippen molar-refractivity contribution in [3.8, 4) is 0 Å². The van der Waals surface area contributed by atoms with E-state index in [1.807, 2.05) is 6.07 Å². The third-order valence-corrected chi connectivity index (χ3v) is 3.96. The molecule has 0 unspecified atom stereocenters. The van der Waals surface area contributed by atoms with Crippen LogP contribution in [0, 0.1) is 0 Å². The highest BCUT2D eigenvalue weighted by Gasteiger charge is 2.12. The van der Waals surface area contributed by atoms with Crippen molar-refractivity contribution in [1.82, 2.24) is 0 Å². The maximum Gasteiger partial charge on any atom is 0.193 e. The van der Waals surface area contributed by atoms with Crippen molar-refractivity contribution in [2.24, 2.45) is 0 Å². The summed E-state index contributed by atoms with van der Waals surface area (Å²) in [5, 5.41) is 0.806. The Morgan fingerprint density at radius 1 is 0.833 bits per heavy atom. The minimum atomic E-state index is -0.101. The average molecular weight is 409 g/mol. The van der Waals surface area contributed by atoms with E-state index in [0.29, 0.717) is 21.2 Å². The van der Waals surface area contributed by atoms with Gasteiger partial charge in [0, 0.05) is 20.1 Å². The fourth-order valence-corrected chi connectivity index (χ4v) is 3.08. The van der Waals surface area contributed by atoms with Gasteiger partial charge in [-0.25, -0.2) is 0 Å². The topological polar surface area (TPSA) is 17.1 Å². The highest BCUT2D eigenvalue weighted by molar-refractivity contribution is 9.11. The largest absolute Gasteiger partial charge is 0.289 e. The van der Waals surface area contributed by atoms with Gasteiger partial charge in [-0.3, -0.25) is 4.79 Å². The molecule has 0 aliphatic heterocycles. The summed E-state index contributed by atoms with van der Waals surface area (Å²) in [5.74, 6) is -0.101. The maximum absolute atomic E-state index is 12.3. The molecule has 0 radical (unpaired) electrons. The number of carbonyl (C=O) groups is 1. The molecule has 1 nitrogen and oxygen atoms in total. The molecular formula is C13H6Br2Cl2O. The zero-order chi connectivity index (χ0) is 13.3. The van der Waals surface area contributed by atoms with Gasteiger partial charge in [0.1, 0.15) is 0 Å². The highest BCUT2D eigenvalue weighted by atomic mass is 79.9. The molecule has 0 saturated heterocycles. The lowest BCUT2D eigenvalue weighted by Crippen LogP contribution is -2.01. The van der Waals surface area contributed by atoms with Gasteiger partial charge in [-0.2, -0.15) is 0 Å². The summed E-state index contributed by atoms with van der Waals surface area (Å²) in [7, 11) is 0. The molecule has 0 spiro atoms. The van der Waals surface area contributed by atoms with Crippen LogP contribution in [0.15, 0.2) is 45.3 Å². The standard InChI is InChI=1S/C13H6Br2Cl2O/c14-9-3-8(4-10(15)6-9)13(18)7-1-2-11(16)12(17)5-7/h1-6H. The van der Waals surface area contributed by atoms with Crippen LogP contribution in [-0.4, -0.2) is 5.78 Å². The maximum atomic E-state index is 12.3. The molecule has 0 aliphatic rings. The normalized spacial score (nSPS) is 10.4. The molecule has 18 heavy (non-hydrogen) atoms. The third-order valence-electron chi connectivity index (χ3n) is 2.31. The van der Waals surface area contributed by atoms with Gasteiger partial charge in [0.2, 0.25) is 0 Å². The van der Waals surface area contributed by atoms with Crippen LogP contribution in [0.25, 0.3) is 0 Å². The molecule has 92 valence electrons. The van der Waals surface area contributed by atoms with Crippen LogP contribution in [0.3, 0.4) is 0 Å². The molecule has 2 aromatic carbocycles. The fraction of sp³-hybridized carbons (Fsp3) is 0. The van der Waals surface area contributed by atoms with Crippen molar-refractivity contribution in [2.45, 2.75) is 0 Å². The van der Waals surface area contributed by atoms with Crippen LogP contribution in [0.4, 0.5) is 0 Å².